The van der Waals surface area contributed by atoms with Gasteiger partial charge in [-0.15, -0.1) is 0 Å². The Morgan fingerprint density at radius 2 is 1.59 bits per heavy atom. The molecule has 6 nitrogen and oxygen atoms in total. The second kappa shape index (κ2) is 14.7. The molecule has 0 bridgehead atoms. The van der Waals surface area contributed by atoms with Gasteiger partial charge in [0, 0.05) is 25.9 Å². The first kappa shape index (κ1) is 27.8. The van der Waals surface area contributed by atoms with E-state index in [1.807, 2.05) is 92.7 Å². The van der Waals surface area contributed by atoms with Gasteiger partial charge in [0.05, 0.1) is 13.7 Å². The van der Waals surface area contributed by atoms with Gasteiger partial charge in [-0.3, -0.25) is 9.59 Å². The Hall–Kier alpha value is -3.80. The summed E-state index contributed by atoms with van der Waals surface area (Å²) in [6.07, 6.45) is 2.12. The number of hydrogen-bond donors (Lipinski definition) is 1. The topological polar surface area (TPSA) is 67.9 Å². The van der Waals surface area contributed by atoms with Crippen LogP contribution in [0.1, 0.15) is 42.9 Å². The third kappa shape index (κ3) is 8.67. The molecule has 0 saturated carbocycles. The van der Waals surface area contributed by atoms with Crippen molar-refractivity contribution in [1.82, 2.24) is 10.2 Å². The monoisotopic (exact) mass is 502 g/mol. The van der Waals surface area contributed by atoms with Gasteiger partial charge < -0.3 is 19.7 Å². The molecule has 0 fully saturated rings. The zero-order chi connectivity index (χ0) is 26.5. The average molecular weight is 503 g/mol. The highest BCUT2D eigenvalue weighted by Crippen LogP contribution is 2.20. The molecular formula is C31H38N2O4. The van der Waals surface area contributed by atoms with E-state index in [2.05, 4.69) is 5.32 Å². The molecule has 0 aromatic heterocycles. The third-order valence-corrected chi connectivity index (χ3v) is 6.29. The van der Waals surface area contributed by atoms with Crippen LogP contribution in [0.4, 0.5) is 0 Å². The van der Waals surface area contributed by atoms with Gasteiger partial charge in [-0.1, -0.05) is 61.5 Å². The smallest absolute Gasteiger partial charge is 0.243 e. The number of rotatable bonds is 14. The van der Waals surface area contributed by atoms with Crippen molar-refractivity contribution in [3.05, 3.63) is 95.6 Å². The van der Waals surface area contributed by atoms with Crippen LogP contribution < -0.4 is 14.8 Å². The number of ether oxygens (including phenoxy) is 2. The maximum Gasteiger partial charge on any atom is 0.243 e. The molecule has 3 aromatic rings. The van der Waals surface area contributed by atoms with Crippen molar-refractivity contribution in [2.24, 2.45) is 0 Å². The zero-order valence-corrected chi connectivity index (χ0v) is 22.1. The number of carbonyl (C=O) groups excluding carboxylic acids is 2. The standard InChI is InChI=1S/C31H38N2O4/c1-4-20-32-31(35)29(22-25-12-6-5-7-13-25)33(23-26-14-9-8-11-24(26)2)30(34)15-10-21-37-28-18-16-27(36-3)17-19-28/h5-9,11-14,16-19,29H,4,10,15,20-23H2,1-3H3,(H,32,35)/t29-/m1/s1. The van der Waals surface area contributed by atoms with Gasteiger partial charge in [0.1, 0.15) is 17.5 Å². The fourth-order valence-corrected chi connectivity index (χ4v) is 4.12. The lowest BCUT2D eigenvalue weighted by Gasteiger charge is -2.32. The van der Waals surface area contributed by atoms with E-state index in [9.17, 15) is 9.59 Å². The Kier molecular flexibility index (Phi) is 11.0. The van der Waals surface area contributed by atoms with E-state index in [4.69, 9.17) is 9.47 Å². The first-order valence-electron chi connectivity index (χ1n) is 12.9. The molecule has 37 heavy (non-hydrogen) atoms. The lowest BCUT2D eigenvalue weighted by atomic mass is 10.0. The SMILES string of the molecule is CCCNC(=O)[C@@H](Cc1ccccc1)N(Cc1ccccc1C)C(=O)CCCOc1ccc(OC)cc1. The van der Waals surface area contributed by atoms with Crippen LogP contribution in [-0.2, 0) is 22.6 Å². The molecule has 0 aliphatic heterocycles. The van der Waals surface area contributed by atoms with Gasteiger partial charge in [-0.2, -0.15) is 0 Å². The molecule has 1 N–H and O–H groups in total. The number of methoxy groups -OCH3 is 1. The summed E-state index contributed by atoms with van der Waals surface area (Å²) >= 11 is 0. The fourth-order valence-electron chi connectivity index (χ4n) is 4.12. The number of hydrogen-bond acceptors (Lipinski definition) is 4. The second-order valence-corrected chi connectivity index (χ2v) is 9.07. The Labute approximate surface area is 220 Å². The van der Waals surface area contributed by atoms with Crippen molar-refractivity contribution in [2.45, 2.75) is 52.1 Å². The van der Waals surface area contributed by atoms with Crippen LogP contribution in [0.5, 0.6) is 11.5 Å². The first-order valence-corrected chi connectivity index (χ1v) is 12.9. The normalized spacial score (nSPS) is 11.4. The highest BCUT2D eigenvalue weighted by Gasteiger charge is 2.30. The van der Waals surface area contributed by atoms with Crippen molar-refractivity contribution >= 4 is 11.8 Å². The molecule has 6 heteroatoms. The zero-order valence-electron chi connectivity index (χ0n) is 22.1. The molecule has 1 atom stereocenters. The fraction of sp³-hybridized carbons (Fsp3) is 0.355. The van der Waals surface area contributed by atoms with Crippen LogP contribution in [0.15, 0.2) is 78.9 Å². The Morgan fingerprint density at radius 1 is 0.919 bits per heavy atom. The molecule has 0 aliphatic carbocycles. The van der Waals surface area contributed by atoms with Crippen LogP contribution in [0, 0.1) is 6.92 Å². The Balaban J connectivity index is 1.76. The Morgan fingerprint density at radius 3 is 2.27 bits per heavy atom. The van der Waals surface area contributed by atoms with E-state index in [1.54, 1.807) is 12.0 Å². The maximum atomic E-state index is 13.6. The molecule has 0 heterocycles. The molecule has 2 amide bonds. The second-order valence-electron chi connectivity index (χ2n) is 9.07. The van der Waals surface area contributed by atoms with E-state index in [0.29, 0.717) is 32.5 Å². The summed E-state index contributed by atoms with van der Waals surface area (Å²) in [4.78, 5) is 28.7. The van der Waals surface area contributed by atoms with Gasteiger partial charge >= 0.3 is 0 Å². The molecule has 0 radical (unpaired) electrons. The predicted molar refractivity (Wildman–Crippen MR) is 147 cm³/mol. The molecule has 0 spiro atoms. The third-order valence-electron chi connectivity index (χ3n) is 6.29. The van der Waals surface area contributed by atoms with Gasteiger partial charge in [0.25, 0.3) is 0 Å². The van der Waals surface area contributed by atoms with Gasteiger partial charge in [-0.05, 0) is 60.7 Å². The van der Waals surface area contributed by atoms with Crippen molar-refractivity contribution in [2.75, 3.05) is 20.3 Å². The van der Waals surface area contributed by atoms with E-state index < -0.39 is 6.04 Å². The number of benzene rings is 3. The van der Waals surface area contributed by atoms with Crippen LogP contribution in [0.2, 0.25) is 0 Å². The van der Waals surface area contributed by atoms with Crippen molar-refractivity contribution in [3.8, 4) is 11.5 Å². The van der Waals surface area contributed by atoms with Crippen LogP contribution in [-0.4, -0.2) is 43.0 Å². The summed E-state index contributed by atoms with van der Waals surface area (Å²) in [6.45, 7) is 5.41. The predicted octanol–water partition coefficient (Wildman–Crippen LogP) is 5.33. The molecule has 3 rings (SSSR count). The number of amides is 2. The molecule has 0 saturated heterocycles. The highest BCUT2D eigenvalue weighted by molar-refractivity contribution is 5.88. The van der Waals surface area contributed by atoms with Gasteiger partial charge in [-0.25, -0.2) is 0 Å². The van der Waals surface area contributed by atoms with Crippen LogP contribution in [0.3, 0.4) is 0 Å². The number of nitrogens with one attached hydrogen (secondary N) is 1. The van der Waals surface area contributed by atoms with Crippen LogP contribution in [0.25, 0.3) is 0 Å². The number of aryl methyl sites for hydroxylation is 1. The van der Waals surface area contributed by atoms with E-state index in [-0.39, 0.29) is 18.2 Å². The van der Waals surface area contributed by atoms with Gasteiger partial charge in [0.2, 0.25) is 11.8 Å². The minimum atomic E-state index is -0.608. The molecule has 3 aromatic carbocycles. The van der Waals surface area contributed by atoms with E-state index >= 15 is 0 Å². The lowest BCUT2D eigenvalue weighted by molar-refractivity contribution is -0.141. The van der Waals surface area contributed by atoms with E-state index in [1.165, 1.54) is 0 Å². The minimum absolute atomic E-state index is 0.0610. The van der Waals surface area contributed by atoms with Crippen molar-refractivity contribution in [1.29, 1.82) is 0 Å². The minimum Gasteiger partial charge on any atom is -0.497 e. The molecule has 0 aliphatic rings. The summed E-state index contributed by atoms with van der Waals surface area (Å²) in [5, 5.41) is 3.02. The average Bonchev–Trinajstić information content (AvgIpc) is 2.93. The van der Waals surface area contributed by atoms with Crippen molar-refractivity contribution < 1.29 is 19.1 Å². The molecular weight excluding hydrogens is 464 g/mol. The summed E-state index contributed by atoms with van der Waals surface area (Å²) in [7, 11) is 1.62. The number of carbonyl (C=O) groups is 2. The van der Waals surface area contributed by atoms with Crippen molar-refractivity contribution in [3.63, 3.8) is 0 Å². The number of nitrogens with zero attached hydrogens (tertiary/aromatic N) is 1. The molecule has 196 valence electrons. The molecule has 0 unspecified atom stereocenters. The first-order chi connectivity index (χ1) is 18.0. The highest BCUT2D eigenvalue weighted by atomic mass is 16.5. The largest absolute Gasteiger partial charge is 0.497 e. The summed E-state index contributed by atoms with van der Waals surface area (Å²) < 4.78 is 11.0. The quantitative estimate of drug-likeness (QED) is 0.303. The van der Waals surface area contributed by atoms with E-state index in [0.717, 1.165) is 34.6 Å². The lowest BCUT2D eigenvalue weighted by Crippen LogP contribution is -2.50. The summed E-state index contributed by atoms with van der Waals surface area (Å²) in [6, 6.07) is 24.6. The van der Waals surface area contributed by atoms with Crippen LogP contribution >= 0.6 is 0 Å². The van der Waals surface area contributed by atoms with Gasteiger partial charge in [0.15, 0.2) is 0 Å². The summed E-state index contributed by atoms with van der Waals surface area (Å²) in [5.41, 5.74) is 3.15. The Bertz CT molecular complexity index is 1120. The maximum absolute atomic E-state index is 13.6. The summed E-state index contributed by atoms with van der Waals surface area (Å²) in [5.74, 6) is 1.31.